The Bertz CT molecular complexity index is 769. The van der Waals surface area contributed by atoms with Gasteiger partial charge >= 0.3 is 26.2 Å². The zero-order valence-electron chi connectivity index (χ0n) is 14.1. The molecule has 4 aliphatic rings. The monoisotopic (exact) mass is 450 g/mol. The van der Waals surface area contributed by atoms with Crippen molar-refractivity contribution in [2.24, 2.45) is 9.98 Å². The van der Waals surface area contributed by atoms with E-state index in [1.165, 1.54) is 44.1 Å². The first-order chi connectivity index (χ1) is 10.00. The summed E-state index contributed by atoms with van der Waals surface area (Å²) < 4.78 is 0. The first kappa shape index (κ1) is 21.5. The number of nitrogens with zero attached hydrogens (tertiary/aromatic N) is 2. The van der Waals surface area contributed by atoms with E-state index in [1.54, 1.807) is 0 Å². The smallest absolute Gasteiger partial charge is 1.00 e. The summed E-state index contributed by atoms with van der Waals surface area (Å²) in [7, 11) is -1.82. The Hall–Kier alpha value is -0.540. The van der Waals surface area contributed by atoms with Crippen LogP contribution in [0.1, 0.15) is 13.8 Å². The molecule has 0 fully saturated rings. The van der Waals surface area contributed by atoms with Gasteiger partial charge in [0.25, 0.3) is 0 Å². The molecule has 0 bridgehead atoms. The van der Waals surface area contributed by atoms with Crippen molar-refractivity contribution in [1.29, 1.82) is 0 Å². The van der Waals surface area contributed by atoms with E-state index in [0.717, 1.165) is 0 Å². The topological polar surface area (TPSA) is 24.7 Å². The fourth-order valence-corrected chi connectivity index (χ4v) is 8.00. The molecule has 0 atom stereocenters. The van der Waals surface area contributed by atoms with Gasteiger partial charge in [0, 0.05) is 23.6 Å². The molecule has 122 valence electrons. The molecule has 0 aromatic carbocycles. The van der Waals surface area contributed by atoms with Crippen LogP contribution in [0, 0.1) is 0 Å². The number of halogens is 2. The van der Waals surface area contributed by atoms with E-state index >= 15 is 0 Å². The Kier molecular flexibility index (Phi) is 6.60. The van der Waals surface area contributed by atoms with Crippen LogP contribution >= 0.6 is 0 Å². The third kappa shape index (κ3) is 2.92. The van der Waals surface area contributed by atoms with Crippen molar-refractivity contribution in [3.63, 3.8) is 0 Å². The predicted octanol–water partition coefficient (Wildman–Crippen LogP) is -1.77. The van der Waals surface area contributed by atoms with Gasteiger partial charge < -0.3 is 24.8 Å². The van der Waals surface area contributed by atoms with Crippen molar-refractivity contribution >= 4 is 20.5 Å². The summed E-state index contributed by atoms with van der Waals surface area (Å²) in [6.07, 6.45) is 12.6. The Morgan fingerprint density at radius 3 is 1.50 bits per heavy atom. The molecule has 0 saturated heterocycles. The molecule has 0 aromatic rings. The number of hydrogen-bond acceptors (Lipinski definition) is 2. The van der Waals surface area contributed by atoms with Crippen LogP contribution in [-0.4, -0.2) is 20.5 Å². The maximum Gasteiger partial charge on any atom is 2.00 e. The second-order valence-electron chi connectivity index (χ2n) is 6.53. The van der Waals surface area contributed by atoms with E-state index in [0.29, 0.717) is 0 Å². The van der Waals surface area contributed by atoms with Crippen LogP contribution in [0.5, 0.6) is 0 Å². The van der Waals surface area contributed by atoms with E-state index in [-0.39, 0.29) is 51.0 Å². The molecular weight excluding hydrogens is 434 g/mol. The maximum atomic E-state index is 4.63. The molecule has 0 aromatic heterocycles. The number of allylic oxidation sites excluding steroid dienone is 8. The fraction of sp³-hybridized carbons (Fsp3) is 0.222. The molecule has 0 saturated carbocycles. The van der Waals surface area contributed by atoms with Crippen LogP contribution in [0.2, 0.25) is 13.1 Å². The van der Waals surface area contributed by atoms with Crippen molar-refractivity contribution < 1.29 is 51.0 Å². The minimum Gasteiger partial charge on any atom is -1.00 e. The summed E-state index contributed by atoms with van der Waals surface area (Å²) in [5.41, 5.74) is 7.71. The Morgan fingerprint density at radius 1 is 0.750 bits per heavy atom. The van der Waals surface area contributed by atoms with Gasteiger partial charge in [0.2, 0.25) is 0 Å². The molecule has 2 aliphatic carbocycles. The molecule has 0 spiro atoms. The fourth-order valence-electron chi connectivity index (χ4n) is 4.03. The molecule has 6 heteroatoms. The molecule has 0 N–H and O–H groups in total. The van der Waals surface area contributed by atoms with Crippen LogP contribution < -0.4 is 24.8 Å². The third-order valence-electron chi connectivity index (χ3n) is 4.72. The Balaban J connectivity index is 0.000000960. The van der Waals surface area contributed by atoms with E-state index in [1.807, 2.05) is 12.4 Å². The van der Waals surface area contributed by atoms with E-state index in [2.05, 4.69) is 61.2 Å². The maximum absolute atomic E-state index is 4.63. The summed E-state index contributed by atoms with van der Waals surface area (Å²) in [5, 5.41) is 2.95. The van der Waals surface area contributed by atoms with Gasteiger partial charge in [0.1, 0.15) is 8.07 Å². The largest absolute Gasteiger partial charge is 2.00 e. The van der Waals surface area contributed by atoms with E-state index in [4.69, 9.17) is 0 Å². The van der Waals surface area contributed by atoms with Gasteiger partial charge in [-0.2, -0.15) is 0 Å². The average Bonchev–Trinajstić information content (AvgIpc) is 3.07. The molecular formula is C18H18Cl2N2SiZr. The van der Waals surface area contributed by atoms with Gasteiger partial charge in [-0.15, -0.1) is 0 Å². The van der Waals surface area contributed by atoms with Gasteiger partial charge in [-0.1, -0.05) is 13.1 Å². The zero-order valence-corrected chi connectivity index (χ0v) is 19.1. The molecule has 4 rings (SSSR count). The van der Waals surface area contributed by atoms with Crippen molar-refractivity contribution in [3.05, 3.63) is 68.4 Å². The van der Waals surface area contributed by atoms with Crippen LogP contribution in [0.25, 0.3) is 0 Å². The molecule has 0 unspecified atom stereocenters. The SMILES string of the molecule is CC1=CC2=CC=NC2=C1[Si](C)(C)C1=C2N=CC=C2C=C1C.[Cl-].[Cl-].[Zr+2]. The number of aliphatic imine (C=N–C) groups is 2. The normalized spacial score (nSPS) is 19.8. The van der Waals surface area contributed by atoms with E-state index in [9.17, 15) is 0 Å². The van der Waals surface area contributed by atoms with Crippen molar-refractivity contribution in [2.45, 2.75) is 26.9 Å². The molecule has 2 heterocycles. The molecule has 0 amide bonds. The van der Waals surface area contributed by atoms with Crippen LogP contribution in [0.4, 0.5) is 0 Å². The van der Waals surface area contributed by atoms with Crippen LogP contribution in [-0.2, 0) is 26.2 Å². The second-order valence-corrected chi connectivity index (χ2v) is 10.8. The van der Waals surface area contributed by atoms with Crippen molar-refractivity contribution in [1.82, 2.24) is 0 Å². The van der Waals surface area contributed by atoms with Crippen molar-refractivity contribution in [3.8, 4) is 0 Å². The zero-order chi connectivity index (χ0) is 14.8. The second kappa shape index (κ2) is 7.37. The number of hydrogen-bond donors (Lipinski definition) is 0. The van der Waals surface area contributed by atoms with Gasteiger partial charge in [-0.3, -0.25) is 9.98 Å². The third-order valence-corrected chi connectivity index (χ3v) is 8.48. The van der Waals surface area contributed by atoms with Gasteiger partial charge in [0.15, 0.2) is 0 Å². The average molecular weight is 453 g/mol. The summed E-state index contributed by atoms with van der Waals surface area (Å²) in [5.74, 6) is 0. The minimum absolute atomic E-state index is 0. The van der Waals surface area contributed by atoms with E-state index < -0.39 is 8.07 Å². The van der Waals surface area contributed by atoms with Crippen LogP contribution in [0.3, 0.4) is 0 Å². The molecule has 2 aliphatic heterocycles. The standard InChI is InChI=1S/C18H18N2Si.2ClH.Zr/c1-11-9-13-5-7-19-15(13)17(11)21(3,4)18-12(2)10-14-6-8-20-16(14)18;;;/h5-10H,1-4H3;2*1H;/q;;;+2/p-2. The minimum atomic E-state index is -1.82. The first-order valence-corrected chi connectivity index (χ1v) is 10.4. The quantitative estimate of drug-likeness (QED) is 0.443. The van der Waals surface area contributed by atoms with Gasteiger partial charge in [-0.05, 0) is 59.7 Å². The number of fused-ring (bicyclic) bond motifs is 2. The van der Waals surface area contributed by atoms with Gasteiger partial charge in [0.05, 0.1) is 11.4 Å². The Labute approximate surface area is 176 Å². The predicted molar refractivity (Wildman–Crippen MR) is 92.2 cm³/mol. The molecule has 2 nitrogen and oxygen atoms in total. The van der Waals surface area contributed by atoms with Gasteiger partial charge in [-0.25, -0.2) is 0 Å². The molecule has 0 radical (unpaired) electrons. The van der Waals surface area contributed by atoms with Crippen molar-refractivity contribution in [2.75, 3.05) is 0 Å². The number of rotatable bonds is 2. The summed E-state index contributed by atoms with van der Waals surface area (Å²) in [4.78, 5) is 9.25. The first-order valence-electron chi connectivity index (χ1n) is 7.36. The Morgan fingerprint density at radius 2 is 1.12 bits per heavy atom. The summed E-state index contributed by atoms with van der Waals surface area (Å²) >= 11 is 0. The summed E-state index contributed by atoms with van der Waals surface area (Å²) in [6.45, 7) is 9.30. The summed E-state index contributed by atoms with van der Waals surface area (Å²) in [6, 6.07) is 0. The van der Waals surface area contributed by atoms with Crippen LogP contribution in [0.15, 0.2) is 78.4 Å². The molecule has 24 heavy (non-hydrogen) atoms.